The van der Waals surface area contributed by atoms with Crippen LogP contribution >= 0.6 is 0 Å². The van der Waals surface area contributed by atoms with Gasteiger partial charge in [-0.1, -0.05) is 30.3 Å². The van der Waals surface area contributed by atoms with Crippen LogP contribution in [0.15, 0.2) is 36.4 Å². The van der Waals surface area contributed by atoms with Gasteiger partial charge in [0, 0.05) is 37.3 Å². The fourth-order valence-corrected chi connectivity index (χ4v) is 4.26. The molecule has 1 amide bonds. The van der Waals surface area contributed by atoms with E-state index in [0.717, 1.165) is 42.2 Å². The van der Waals surface area contributed by atoms with Crippen molar-refractivity contribution in [3.05, 3.63) is 59.0 Å². The molecule has 3 aromatic rings. The summed E-state index contributed by atoms with van der Waals surface area (Å²) < 4.78 is 7.58. The van der Waals surface area contributed by atoms with Gasteiger partial charge in [0.05, 0.1) is 7.11 Å². The Kier molecular flexibility index (Phi) is 4.50. The number of hydrogen-bond acceptors (Lipinski definition) is 5. The third-order valence-corrected chi connectivity index (χ3v) is 5.79. The number of aromatic nitrogens is 4. The number of carbonyl (C=O) groups excluding carboxylic acids is 1. The molecule has 0 fully saturated rings. The summed E-state index contributed by atoms with van der Waals surface area (Å²) >= 11 is 0. The first-order valence-electron chi connectivity index (χ1n) is 10.1. The van der Waals surface area contributed by atoms with Gasteiger partial charge in [0.15, 0.2) is 5.82 Å². The maximum absolute atomic E-state index is 13.3. The number of nitrogens with zero attached hydrogens (tertiary/aromatic N) is 5. The van der Waals surface area contributed by atoms with Crippen molar-refractivity contribution >= 4 is 5.91 Å². The number of fused-ring (bicyclic) bond motifs is 2. The second kappa shape index (κ2) is 7.31. The zero-order valence-corrected chi connectivity index (χ0v) is 16.5. The summed E-state index contributed by atoms with van der Waals surface area (Å²) in [5, 5.41) is 8.76. The zero-order chi connectivity index (χ0) is 19.8. The molecule has 148 valence electrons. The molecule has 0 saturated carbocycles. The lowest BCUT2D eigenvalue weighted by Gasteiger charge is -2.21. The third kappa shape index (κ3) is 3.16. The fraction of sp³-hybridized carbons (Fsp3) is 0.364. The van der Waals surface area contributed by atoms with Crippen LogP contribution in [0.1, 0.15) is 33.9 Å². The van der Waals surface area contributed by atoms with Gasteiger partial charge in [0.1, 0.15) is 11.4 Å². The van der Waals surface area contributed by atoms with E-state index in [2.05, 4.69) is 19.7 Å². The Labute approximate surface area is 169 Å². The van der Waals surface area contributed by atoms with Crippen molar-refractivity contribution in [3.8, 4) is 17.3 Å². The summed E-state index contributed by atoms with van der Waals surface area (Å²) in [4.78, 5) is 19.8. The van der Waals surface area contributed by atoms with Gasteiger partial charge in [-0.25, -0.2) is 4.98 Å². The van der Waals surface area contributed by atoms with Gasteiger partial charge in [0.25, 0.3) is 5.91 Å². The van der Waals surface area contributed by atoms with Crippen molar-refractivity contribution < 1.29 is 9.53 Å². The molecular formula is C22H23N5O2. The molecule has 1 aliphatic carbocycles. The lowest BCUT2D eigenvalue weighted by molar-refractivity contribution is 0.0754. The highest BCUT2D eigenvalue weighted by atomic mass is 16.5. The van der Waals surface area contributed by atoms with Gasteiger partial charge in [0.2, 0.25) is 5.88 Å². The Morgan fingerprint density at radius 1 is 1.03 bits per heavy atom. The van der Waals surface area contributed by atoms with Crippen LogP contribution in [-0.2, 0) is 25.8 Å². The molecule has 0 radical (unpaired) electrons. The van der Waals surface area contributed by atoms with Gasteiger partial charge in [-0.15, -0.1) is 10.2 Å². The van der Waals surface area contributed by atoms with Gasteiger partial charge >= 0.3 is 0 Å². The summed E-state index contributed by atoms with van der Waals surface area (Å²) in [6.07, 6.45) is 3.70. The molecule has 7 heteroatoms. The van der Waals surface area contributed by atoms with Crippen LogP contribution in [0.5, 0.6) is 5.88 Å². The monoisotopic (exact) mass is 389 g/mol. The molecule has 0 saturated heterocycles. The van der Waals surface area contributed by atoms with Gasteiger partial charge in [-0.05, 0) is 30.9 Å². The lowest BCUT2D eigenvalue weighted by atomic mass is 10.1. The van der Waals surface area contributed by atoms with Crippen molar-refractivity contribution in [2.24, 2.45) is 0 Å². The summed E-state index contributed by atoms with van der Waals surface area (Å²) in [6, 6.07) is 12.0. The van der Waals surface area contributed by atoms with Crippen molar-refractivity contribution in [2.45, 2.75) is 32.2 Å². The molecule has 0 N–H and O–H groups in total. The van der Waals surface area contributed by atoms with E-state index in [-0.39, 0.29) is 5.91 Å². The maximum atomic E-state index is 13.3. The smallest absolute Gasteiger partial charge is 0.259 e. The van der Waals surface area contributed by atoms with E-state index in [1.165, 1.54) is 5.56 Å². The van der Waals surface area contributed by atoms with Gasteiger partial charge in [-0.3, -0.25) is 4.79 Å². The molecule has 2 aliphatic rings. The average Bonchev–Trinajstić information content (AvgIpc) is 3.34. The molecule has 29 heavy (non-hydrogen) atoms. The molecular weight excluding hydrogens is 366 g/mol. The fourth-order valence-electron chi connectivity index (χ4n) is 4.26. The normalized spacial score (nSPS) is 15.6. The highest BCUT2D eigenvalue weighted by molar-refractivity contribution is 5.96. The molecule has 0 bridgehead atoms. The molecule has 1 aromatic carbocycles. The highest BCUT2D eigenvalue weighted by Crippen LogP contribution is 2.28. The first-order valence-corrected chi connectivity index (χ1v) is 10.1. The summed E-state index contributed by atoms with van der Waals surface area (Å²) in [5.74, 6) is 2.18. The van der Waals surface area contributed by atoms with Crippen molar-refractivity contribution in [3.63, 3.8) is 0 Å². The second-order valence-electron chi connectivity index (χ2n) is 7.50. The molecule has 0 unspecified atom stereocenters. The number of benzene rings is 1. The number of rotatable bonds is 3. The Morgan fingerprint density at radius 2 is 1.90 bits per heavy atom. The first kappa shape index (κ1) is 17.8. The lowest BCUT2D eigenvalue weighted by Crippen LogP contribution is -2.34. The molecule has 0 spiro atoms. The minimum atomic E-state index is -0.0241. The van der Waals surface area contributed by atoms with Crippen LogP contribution in [0, 0.1) is 0 Å². The van der Waals surface area contributed by atoms with E-state index in [1.54, 1.807) is 7.11 Å². The average molecular weight is 389 g/mol. The number of ether oxygens (including phenoxy) is 1. The van der Waals surface area contributed by atoms with Crippen molar-refractivity contribution in [1.82, 2.24) is 24.6 Å². The molecule has 2 aromatic heterocycles. The minimum Gasteiger partial charge on any atom is -0.480 e. The first-order chi connectivity index (χ1) is 14.2. The number of methoxy groups -OCH3 is 1. The van der Waals surface area contributed by atoms with E-state index in [9.17, 15) is 4.79 Å². The van der Waals surface area contributed by atoms with E-state index in [1.807, 2.05) is 41.3 Å². The van der Waals surface area contributed by atoms with Gasteiger partial charge in [-0.2, -0.15) is 0 Å². The maximum Gasteiger partial charge on any atom is 0.259 e. The predicted octanol–water partition coefficient (Wildman–Crippen LogP) is 2.54. The number of carbonyl (C=O) groups is 1. The second-order valence-corrected chi connectivity index (χ2v) is 7.50. The quantitative estimate of drug-likeness (QED) is 0.688. The number of aryl methyl sites for hydroxylation is 2. The van der Waals surface area contributed by atoms with E-state index < -0.39 is 0 Å². The van der Waals surface area contributed by atoms with Crippen LogP contribution in [0.4, 0.5) is 0 Å². The standard InChI is InChI=1S/C22H23N5O2/c1-29-21-17(14-16-8-5-9-18(16)23-21)22(28)26-11-10-19-24-25-20(27(19)13-12-26)15-6-3-2-4-7-15/h2-4,6-7,14H,5,8-13H2,1H3. The SMILES string of the molecule is COc1nc2c(cc1C(=O)N1CCc3nnc(-c4ccccc4)n3CC1)CCC2. The van der Waals surface area contributed by atoms with Crippen LogP contribution in [-0.4, -0.2) is 50.8 Å². The molecule has 0 atom stereocenters. The van der Waals surface area contributed by atoms with Gasteiger partial charge < -0.3 is 14.2 Å². The van der Waals surface area contributed by atoms with E-state index >= 15 is 0 Å². The Hall–Kier alpha value is -3.22. The topological polar surface area (TPSA) is 73.1 Å². The largest absolute Gasteiger partial charge is 0.480 e. The van der Waals surface area contributed by atoms with E-state index in [4.69, 9.17) is 4.74 Å². The van der Waals surface area contributed by atoms with Crippen LogP contribution in [0.2, 0.25) is 0 Å². The molecule has 5 rings (SSSR count). The summed E-state index contributed by atoms with van der Waals surface area (Å²) in [6.45, 7) is 1.87. The van der Waals surface area contributed by atoms with Crippen molar-refractivity contribution in [2.75, 3.05) is 20.2 Å². The molecule has 3 heterocycles. The number of pyridine rings is 1. The number of hydrogen-bond donors (Lipinski definition) is 0. The minimum absolute atomic E-state index is 0.0241. The third-order valence-electron chi connectivity index (χ3n) is 5.79. The zero-order valence-electron chi connectivity index (χ0n) is 16.5. The number of amides is 1. The summed E-state index contributed by atoms with van der Waals surface area (Å²) in [5.41, 5.74) is 3.84. The highest BCUT2D eigenvalue weighted by Gasteiger charge is 2.27. The molecule has 7 nitrogen and oxygen atoms in total. The Bertz CT molecular complexity index is 1060. The Balaban J connectivity index is 1.40. The summed E-state index contributed by atoms with van der Waals surface area (Å²) in [7, 11) is 1.58. The Morgan fingerprint density at radius 3 is 2.72 bits per heavy atom. The van der Waals surface area contributed by atoms with Crippen molar-refractivity contribution in [1.29, 1.82) is 0 Å². The van der Waals surface area contributed by atoms with E-state index in [0.29, 0.717) is 37.5 Å². The molecule has 1 aliphatic heterocycles. The van der Waals surface area contributed by atoms with Crippen LogP contribution in [0.3, 0.4) is 0 Å². The van der Waals surface area contributed by atoms with Crippen LogP contribution in [0.25, 0.3) is 11.4 Å². The van der Waals surface area contributed by atoms with Crippen LogP contribution < -0.4 is 4.74 Å². The predicted molar refractivity (Wildman–Crippen MR) is 108 cm³/mol.